The molecule has 2 unspecified atom stereocenters. The topological polar surface area (TPSA) is 89.4 Å². The Morgan fingerprint density at radius 3 is 1.58 bits per heavy atom. The average molecular weight is 616 g/mol. The van der Waals surface area contributed by atoms with Crippen molar-refractivity contribution < 1.29 is 109 Å². The summed E-state index contributed by atoms with van der Waals surface area (Å²) in [4.78, 5) is 0. The third kappa shape index (κ3) is 13.4. The summed E-state index contributed by atoms with van der Waals surface area (Å²) in [6, 6.07) is 0. The molecule has 0 aromatic heterocycles. The van der Waals surface area contributed by atoms with Crippen LogP contribution in [0.5, 0.6) is 0 Å². The van der Waals surface area contributed by atoms with E-state index >= 15 is 0 Å². The van der Waals surface area contributed by atoms with Crippen LogP contribution in [0, 0.1) is 11.8 Å². The molecule has 2 atom stereocenters. The first-order valence-electron chi connectivity index (χ1n) is 11.3. The Hall–Kier alpha value is 2.09. The Balaban J connectivity index is -0.000000457. The van der Waals surface area contributed by atoms with Gasteiger partial charge in [-0.1, -0.05) is 14.9 Å². The molecule has 33 heavy (non-hydrogen) atoms. The second-order valence-electron chi connectivity index (χ2n) is 8.43. The first-order valence-corrected chi connectivity index (χ1v) is 11.3. The zero-order chi connectivity index (χ0) is 21.0. The Morgan fingerprint density at radius 2 is 1.21 bits per heavy atom. The van der Waals surface area contributed by atoms with E-state index in [1.54, 1.807) is 7.11 Å². The Kier molecular flexibility index (Phi) is 26.5. The molecule has 4 rings (SSSR count). The maximum Gasteiger partial charge on any atom is 1.00 e. The van der Waals surface area contributed by atoms with Crippen molar-refractivity contribution in [2.24, 2.45) is 11.8 Å². The number of methoxy groups -OCH3 is 1. The van der Waals surface area contributed by atoms with Gasteiger partial charge in [0.2, 0.25) is 0 Å². The first-order chi connectivity index (χ1) is 14.2. The minimum absolute atomic E-state index is 0. The van der Waals surface area contributed by atoms with Crippen LogP contribution in [-0.4, -0.2) is 70.5 Å². The molecule has 0 radical (unpaired) electrons. The zero-order valence-electron chi connectivity index (χ0n) is 19.7. The van der Waals surface area contributed by atoms with Gasteiger partial charge in [0.1, 0.15) is 0 Å². The molecule has 4 fully saturated rings. The number of hydrogen-bond donors (Lipinski definition) is 1. The molecule has 0 aromatic carbocycles. The summed E-state index contributed by atoms with van der Waals surface area (Å²) >= 11 is 0. The van der Waals surface area contributed by atoms with Crippen molar-refractivity contribution in [3.05, 3.63) is 0 Å². The second-order valence-corrected chi connectivity index (χ2v) is 8.43. The maximum atomic E-state index is 8.87. The van der Waals surface area contributed by atoms with E-state index in [2.05, 4.69) is 0 Å². The maximum absolute atomic E-state index is 8.87. The third-order valence-corrected chi connectivity index (χ3v) is 6.43. The summed E-state index contributed by atoms with van der Waals surface area (Å²) < 4.78 is 27.9. The van der Waals surface area contributed by atoms with E-state index in [0.717, 1.165) is 84.6 Å². The Labute approximate surface area is 262 Å². The predicted molar refractivity (Wildman–Crippen MR) is 121 cm³/mol. The molecule has 2 aliphatic carbocycles. The summed E-state index contributed by atoms with van der Waals surface area (Å²) in [6.45, 7) is 4.19. The van der Waals surface area contributed by atoms with Crippen LogP contribution in [0.1, 0.15) is 79.1 Å². The minimum atomic E-state index is -0.266. The van der Waals surface area contributed by atoms with E-state index in [1.165, 1.54) is 25.7 Å². The minimum Gasteiger partial charge on any atom is -1.00 e. The van der Waals surface area contributed by atoms with E-state index in [4.69, 9.17) is 33.9 Å². The van der Waals surface area contributed by atoms with Crippen LogP contribution < -0.4 is 80.5 Å². The fourth-order valence-electron chi connectivity index (χ4n) is 5.09. The normalized spacial score (nSPS) is 26.2. The summed E-state index contributed by atoms with van der Waals surface area (Å²) in [6.07, 6.45) is 11.1. The number of halogens is 1. The van der Waals surface area contributed by atoms with Crippen LogP contribution in [0.4, 0.5) is 0 Å². The van der Waals surface area contributed by atoms with E-state index in [9.17, 15) is 0 Å². The summed E-state index contributed by atoms with van der Waals surface area (Å²) in [5.74, 6) is 0.841. The average Bonchev–Trinajstić information content (AvgIpc) is 3.39. The quantitative estimate of drug-likeness (QED) is 0.271. The molecule has 2 saturated heterocycles. The molecule has 0 aromatic rings. The van der Waals surface area contributed by atoms with Gasteiger partial charge in [-0.3, -0.25) is 0 Å². The standard InChI is InChI=1S/C11H20O3.C10H18O3.CH3O.2CH4.HI.K/c1-12-6-4-10-3-2-5-11(9-10)13-7-8-14-11;11-5-3-9-2-1-4-10(8-9)12-6-7-13-10;1-2;;;;/h10H,2-9H2,1H3;9,11H,1-8H2;1H3;2*1H4;1H;/q;;-1;;;;+1/p-1. The molecule has 0 bridgehead atoms. The largest absolute Gasteiger partial charge is 1.00 e. The van der Waals surface area contributed by atoms with Crippen LogP contribution in [0.3, 0.4) is 0 Å². The summed E-state index contributed by atoms with van der Waals surface area (Å²) in [5.41, 5.74) is 0. The van der Waals surface area contributed by atoms with Gasteiger partial charge in [0.25, 0.3) is 0 Å². The van der Waals surface area contributed by atoms with E-state index < -0.39 is 0 Å². The number of aliphatic hydroxyl groups excluding tert-OH is 1. The molecule has 9 heteroatoms. The molecule has 2 saturated carbocycles. The van der Waals surface area contributed by atoms with Crippen molar-refractivity contribution in [3.8, 4) is 0 Å². The molecular weight excluding hydrogens is 566 g/mol. The fourth-order valence-corrected chi connectivity index (χ4v) is 5.09. The van der Waals surface area contributed by atoms with Crippen molar-refractivity contribution in [2.75, 3.05) is 53.9 Å². The van der Waals surface area contributed by atoms with Gasteiger partial charge < -0.3 is 57.9 Å². The Morgan fingerprint density at radius 1 is 0.818 bits per heavy atom. The van der Waals surface area contributed by atoms with Gasteiger partial charge in [0, 0.05) is 46.0 Å². The van der Waals surface area contributed by atoms with Crippen molar-refractivity contribution in [1.29, 1.82) is 0 Å². The van der Waals surface area contributed by atoms with Crippen LogP contribution in [0.25, 0.3) is 0 Å². The molecule has 2 spiro atoms. The summed E-state index contributed by atoms with van der Waals surface area (Å²) in [5, 5.41) is 17.1. The summed E-state index contributed by atoms with van der Waals surface area (Å²) in [7, 11) is 2.52. The Bertz CT molecular complexity index is 431. The number of aliphatic hydroxyl groups is 1. The third-order valence-electron chi connectivity index (χ3n) is 6.43. The second kappa shape index (κ2) is 22.1. The number of hydrogen-bond acceptors (Lipinski definition) is 7. The van der Waals surface area contributed by atoms with Crippen molar-refractivity contribution in [3.63, 3.8) is 0 Å². The monoisotopic (exact) mass is 615 g/mol. The van der Waals surface area contributed by atoms with Gasteiger partial charge in [-0.2, -0.15) is 7.11 Å². The van der Waals surface area contributed by atoms with Crippen molar-refractivity contribution in [1.82, 2.24) is 0 Å². The van der Waals surface area contributed by atoms with E-state index in [-0.39, 0.29) is 102 Å². The van der Waals surface area contributed by atoms with Gasteiger partial charge >= 0.3 is 51.4 Å². The van der Waals surface area contributed by atoms with Gasteiger partial charge in [-0.15, -0.1) is 0 Å². The molecule has 0 amide bonds. The SMILES string of the molecule is C.C.COCCC1CCCC2(C1)OCCO2.C[O-].OCCC1CCCC2(C1)OCCO2.[I-].[K+]. The van der Waals surface area contributed by atoms with E-state index in [0.29, 0.717) is 12.5 Å². The molecule has 2 aliphatic heterocycles. The van der Waals surface area contributed by atoms with Crippen LogP contribution >= 0.6 is 0 Å². The van der Waals surface area contributed by atoms with Crippen molar-refractivity contribution >= 4 is 0 Å². The molecule has 4 aliphatic rings. The zero-order valence-corrected chi connectivity index (χ0v) is 25.0. The number of ether oxygens (including phenoxy) is 5. The molecule has 2 heterocycles. The van der Waals surface area contributed by atoms with Crippen LogP contribution in [-0.2, 0) is 23.7 Å². The van der Waals surface area contributed by atoms with Crippen molar-refractivity contribution in [2.45, 2.75) is 90.6 Å². The van der Waals surface area contributed by atoms with Gasteiger partial charge in [0.15, 0.2) is 11.6 Å². The molecular formula is C24H49IKO7-. The van der Waals surface area contributed by atoms with Gasteiger partial charge in [-0.05, 0) is 50.4 Å². The molecule has 196 valence electrons. The van der Waals surface area contributed by atoms with Gasteiger partial charge in [0.05, 0.1) is 26.4 Å². The number of rotatable bonds is 5. The molecule has 1 N–H and O–H groups in total. The van der Waals surface area contributed by atoms with Crippen LogP contribution in [0.2, 0.25) is 0 Å². The van der Waals surface area contributed by atoms with E-state index in [1.807, 2.05) is 0 Å². The smallest absolute Gasteiger partial charge is 1.00 e. The van der Waals surface area contributed by atoms with Gasteiger partial charge in [-0.25, -0.2) is 0 Å². The fraction of sp³-hybridized carbons (Fsp3) is 1.00. The molecule has 7 nitrogen and oxygen atoms in total. The van der Waals surface area contributed by atoms with Crippen LogP contribution in [0.15, 0.2) is 0 Å². The predicted octanol–water partition coefficient (Wildman–Crippen LogP) is -2.48. The first kappa shape index (κ1) is 39.6.